The van der Waals surface area contributed by atoms with Gasteiger partial charge in [-0.1, -0.05) is 6.92 Å². The second-order valence-electron chi connectivity index (χ2n) is 3.93. The van der Waals surface area contributed by atoms with E-state index in [1.54, 1.807) is 12.7 Å². The summed E-state index contributed by atoms with van der Waals surface area (Å²) in [5.41, 5.74) is 7.18. The van der Waals surface area contributed by atoms with Crippen LogP contribution in [0.2, 0.25) is 0 Å². The number of aromatic nitrogens is 4. The third-order valence-electron chi connectivity index (χ3n) is 2.63. The standard InChI is InChI=1S/C11H18N6/c1-2-5-17(6-3-4-12)11-9-10(14-7-13-9)15-8-16-11/h7-8H,2-6,12H2,1H3,(H,13,14,15,16). The Bertz CT molecular complexity index is 466. The molecule has 0 atom stereocenters. The first kappa shape index (κ1) is 11.8. The molecule has 2 rings (SSSR count). The molecule has 6 heteroatoms. The van der Waals surface area contributed by atoms with Crippen LogP contribution in [0, 0.1) is 0 Å². The van der Waals surface area contributed by atoms with Gasteiger partial charge in [-0.3, -0.25) is 0 Å². The van der Waals surface area contributed by atoms with Crippen LogP contribution in [0.1, 0.15) is 19.8 Å². The lowest BCUT2D eigenvalue weighted by molar-refractivity contribution is 0.713. The lowest BCUT2D eigenvalue weighted by Crippen LogP contribution is -2.28. The Morgan fingerprint density at radius 3 is 2.94 bits per heavy atom. The molecule has 0 spiro atoms. The summed E-state index contributed by atoms with van der Waals surface area (Å²) in [6.45, 7) is 4.72. The van der Waals surface area contributed by atoms with Crippen LogP contribution in [0.5, 0.6) is 0 Å². The van der Waals surface area contributed by atoms with E-state index in [-0.39, 0.29) is 0 Å². The molecule has 92 valence electrons. The van der Waals surface area contributed by atoms with E-state index in [0.29, 0.717) is 12.2 Å². The van der Waals surface area contributed by atoms with Crippen molar-refractivity contribution in [2.45, 2.75) is 19.8 Å². The van der Waals surface area contributed by atoms with Gasteiger partial charge in [0.15, 0.2) is 11.5 Å². The van der Waals surface area contributed by atoms with E-state index in [1.165, 1.54) is 0 Å². The number of H-pyrrole nitrogens is 1. The first-order chi connectivity index (χ1) is 8.36. The minimum atomic E-state index is 0.692. The molecule has 0 amide bonds. The Labute approximate surface area is 100 Å². The van der Waals surface area contributed by atoms with Crippen LogP contribution in [0.3, 0.4) is 0 Å². The highest BCUT2D eigenvalue weighted by molar-refractivity contribution is 5.82. The molecule has 0 saturated heterocycles. The van der Waals surface area contributed by atoms with E-state index in [9.17, 15) is 0 Å². The topological polar surface area (TPSA) is 83.7 Å². The van der Waals surface area contributed by atoms with Crippen molar-refractivity contribution in [1.29, 1.82) is 0 Å². The number of imidazole rings is 1. The van der Waals surface area contributed by atoms with Gasteiger partial charge in [-0.2, -0.15) is 0 Å². The zero-order chi connectivity index (χ0) is 12.1. The van der Waals surface area contributed by atoms with Crippen LogP contribution < -0.4 is 10.6 Å². The van der Waals surface area contributed by atoms with E-state index in [4.69, 9.17) is 5.73 Å². The Balaban J connectivity index is 2.30. The third kappa shape index (κ3) is 2.52. The Hall–Kier alpha value is -1.69. The lowest BCUT2D eigenvalue weighted by Gasteiger charge is -2.22. The largest absolute Gasteiger partial charge is 0.355 e. The fourth-order valence-electron chi connectivity index (χ4n) is 1.87. The normalized spacial score (nSPS) is 10.9. The monoisotopic (exact) mass is 234 g/mol. The molecule has 2 aromatic heterocycles. The van der Waals surface area contributed by atoms with Crippen molar-refractivity contribution in [1.82, 2.24) is 19.9 Å². The molecule has 0 aliphatic rings. The van der Waals surface area contributed by atoms with E-state index in [1.807, 2.05) is 0 Å². The molecule has 6 nitrogen and oxygen atoms in total. The van der Waals surface area contributed by atoms with Crippen LogP contribution in [0.25, 0.3) is 11.2 Å². The molecule has 0 aliphatic carbocycles. The van der Waals surface area contributed by atoms with E-state index in [2.05, 4.69) is 31.8 Å². The first-order valence-corrected chi connectivity index (χ1v) is 5.96. The number of anilines is 1. The summed E-state index contributed by atoms with van der Waals surface area (Å²) >= 11 is 0. The number of nitrogens with one attached hydrogen (secondary N) is 1. The second kappa shape index (κ2) is 5.58. The van der Waals surface area contributed by atoms with E-state index < -0.39 is 0 Å². The first-order valence-electron chi connectivity index (χ1n) is 5.96. The molecule has 0 aromatic carbocycles. The SMILES string of the molecule is CCCN(CCCN)c1ncnc2nc[nH]c12. The van der Waals surface area contributed by atoms with Crippen molar-refractivity contribution in [3.63, 3.8) is 0 Å². The summed E-state index contributed by atoms with van der Waals surface area (Å²) in [6, 6.07) is 0. The van der Waals surface area contributed by atoms with Crippen LogP contribution in [0.4, 0.5) is 5.82 Å². The highest BCUT2D eigenvalue weighted by Crippen LogP contribution is 2.19. The zero-order valence-electron chi connectivity index (χ0n) is 10.1. The van der Waals surface area contributed by atoms with Gasteiger partial charge in [0.1, 0.15) is 11.8 Å². The summed E-state index contributed by atoms with van der Waals surface area (Å²) in [5.74, 6) is 0.919. The predicted molar refractivity (Wildman–Crippen MR) is 67.9 cm³/mol. The van der Waals surface area contributed by atoms with Gasteiger partial charge in [-0.15, -0.1) is 0 Å². The molecule has 3 N–H and O–H groups in total. The van der Waals surface area contributed by atoms with Gasteiger partial charge in [0.05, 0.1) is 6.33 Å². The number of rotatable bonds is 6. The van der Waals surface area contributed by atoms with Crippen LogP contribution in [-0.4, -0.2) is 39.6 Å². The number of nitrogens with two attached hydrogens (primary N) is 1. The predicted octanol–water partition coefficient (Wildman–Crippen LogP) is 0.918. The number of aromatic amines is 1. The van der Waals surface area contributed by atoms with Crippen molar-refractivity contribution in [2.75, 3.05) is 24.5 Å². The highest BCUT2D eigenvalue weighted by Gasteiger charge is 2.12. The molecule has 0 saturated carbocycles. The Kier molecular flexibility index (Phi) is 3.87. The Morgan fingerprint density at radius 1 is 1.29 bits per heavy atom. The fourth-order valence-corrected chi connectivity index (χ4v) is 1.87. The minimum absolute atomic E-state index is 0.692. The maximum atomic E-state index is 5.56. The van der Waals surface area contributed by atoms with Crippen molar-refractivity contribution < 1.29 is 0 Å². The molecule has 0 aliphatic heterocycles. The summed E-state index contributed by atoms with van der Waals surface area (Å²) in [6.07, 6.45) is 5.24. The number of hydrogen-bond acceptors (Lipinski definition) is 5. The van der Waals surface area contributed by atoms with Gasteiger partial charge < -0.3 is 15.6 Å². The van der Waals surface area contributed by atoms with Crippen molar-refractivity contribution in [3.8, 4) is 0 Å². The smallest absolute Gasteiger partial charge is 0.182 e. The van der Waals surface area contributed by atoms with Gasteiger partial charge in [0.25, 0.3) is 0 Å². The maximum absolute atomic E-state index is 5.56. The van der Waals surface area contributed by atoms with Gasteiger partial charge in [0.2, 0.25) is 0 Å². The second-order valence-corrected chi connectivity index (χ2v) is 3.93. The highest BCUT2D eigenvalue weighted by atomic mass is 15.2. The summed E-state index contributed by atoms with van der Waals surface area (Å²) in [5, 5.41) is 0. The molecular weight excluding hydrogens is 216 g/mol. The molecule has 0 radical (unpaired) electrons. The summed E-state index contributed by atoms with van der Waals surface area (Å²) in [7, 11) is 0. The summed E-state index contributed by atoms with van der Waals surface area (Å²) < 4.78 is 0. The molecule has 0 fully saturated rings. The summed E-state index contributed by atoms with van der Waals surface area (Å²) in [4.78, 5) is 17.9. The molecule has 0 bridgehead atoms. The number of fused-ring (bicyclic) bond motifs is 1. The third-order valence-corrected chi connectivity index (χ3v) is 2.63. The minimum Gasteiger partial charge on any atom is -0.355 e. The molecule has 17 heavy (non-hydrogen) atoms. The maximum Gasteiger partial charge on any atom is 0.182 e. The average Bonchev–Trinajstić information content (AvgIpc) is 2.82. The van der Waals surface area contributed by atoms with Crippen molar-refractivity contribution in [3.05, 3.63) is 12.7 Å². The Morgan fingerprint density at radius 2 is 2.18 bits per heavy atom. The quantitative estimate of drug-likeness (QED) is 0.776. The van der Waals surface area contributed by atoms with Crippen LogP contribution >= 0.6 is 0 Å². The molecule has 2 heterocycles. The van der Waals surface area contributed by atoms with Gasteiger partial charge in [-0.25, -0.2) is 15.0 Å². The van der Waals surface area contributed by atoms with Crippen LogP contribution in [-0.2, 0) is 0 Å². The van der Waals surface area contributed by atoms with Crippen LogP contribution in [0.15, 0.2) is 12.7 Å². The van der Waals surface area contributed by atoms with Gasteiger partial charge in [0, 0.05) is 13.1 Å². The van der Waals surface area contributed by atoms with E-state index >= 15 is 0 Å². The van der Waals surface area contributed by atoms with E-state index in [0.717, 1.165) is 37.3 Å². The molecular formula is C11H18N6. The molecule has 2 aromatic rings. The lowest BCUT2D eigenvalue weighted by atomic mass is 10.3. The number of hydrogen-bond donors (Lipinski definition) is 2. The zero-order valence-corrected chi connectivity index (χ0v) is 10.1. The average molecular weight is 234 g/mol. The van der Waals surface area contributed by atoms with Crippen molar-refractivity contribution in [2.24, 2.45) is 5.73 Å². The number of nitrogens with zero attached hydrogens (tertiary/aromatic N) is 4. The van der Waals surface area contributed by atoms with Crippen molar-refractivity contribution >= 4 is 17.0 Å². The molecule has 0 unspecified atom stereocenters. The fraction of sp³-hybridized carbons (Fsp3) is 0.545. The van der Waals surface area contributed by atoms with Gasteiger partial charge in [-0.05, 0) is 19.4 Å². The van der Waals surface area contributed by atoms with Gasteiger partial charge >= 0.3 is 0 Å².